The minimum Gasteiger partial charge on any atom is -0.462 e. The molecule has 0 aliphatic rings. The van der Waals surface area contributed by atoms with Gasteiger partial charge in [0.1, 0.15) is 17.1 Å². The van der Waals surface area contributed by atoms with Crippen LogP contribution < -0.4 is 0 Å². The Bertz CT molecular complexity index is 813. The third-order valence-corrected chi connectivity index (χ3v) is 3.27. The first kappa shape index (κ1) is 18.9. The topological polar surface area (TPSA) is 109 Å². The Labute approximate surface area is 149 Å². The Morgan fingerprint density at radius 2 is 1.62 bits per heavy atom. The van der Waals surface area contributed by atoms with Crippen molar-refractivity contribution in [3.8, 4) is 11.3 Å². The second kappa shape index (κ2) is 8.61. The summed E-state index contributed by atoms with van der Waals surface area (Å²) in [6, 6.07) is 8.99. The van der Waals surface area contributed by atoms with Crippen LogP contribution in [0.2, 0.25) is 0 Å². The fraction of sp³-hybridized carbons (Fsp3) is 0.222. The highest BCUT2D eigenvalue weighted by Crippen LogP contribution is 2.25. The molecule has 8 nitrogen and oxygen atoms in total. The van der Waals surface area contributed by atoms with Crippen molar-refractivity contribution in [2.75, 3.05) is 13.2 Å². The van der Waals surface area contributed by atoms with E-state index in [0.29, 0.717) is 11.3 Å². The molecular formula is C18H17NO7. The summed E-state index contributed by atoms with van der Waals surface area (Å²) in [7, 11) is 0. The van der Waals surface area contributed by atoms with E-state index < -0.39 is 16.9 Å². The third-order valence-electron chi connectivity index (χ3n) is 3.27. The zero-order valence-electron chi connectivity index (χ0n) is 14.3. The number of carbonyl (C=O) groups excluding carboxylic acids is 2. The number of hydrogen-bond acceptors (Lipinski definition) is 7. The molecule has 0 amide bonds. The van der Waals surface area contributed by atoms with Crippen LogP contribution in [-0.4, -0.2) is 30.1 Å². The molecule has 1 heterocycles. The van der Waals surface area contributed by atoms with Gasteiger partial charge >= 0.3 is 11.9 Å². The Hall–Kier alpha value is -3.42. The zero-order valence-corrected chi connectivity index (χ0v) is 14.3. The number of hydrogen-bond donors (Lipinski definition) is 0. The minimum absolute atomic E-state index is 0.0349. The second-order valence-electron chi connectivity index (χ2n) is 5.00. The Balaban J connectivity index is 2.30. The molecule has 0 bridgehead atoms. The van der Waals surface area contributed by atoms with Crippen molar-refractivity contribution in [3.63, 3.8) is 0 Å². The van der Waals surface area contributed by atoms with Crippen LogP contribution in [0.3, 0.4) is 0 Å². The van der Waals surface area contributed by atoms with Gasteiger partial charge in [0.15, 0.2) is 0 Å². The summed E-state index contributed by atoms with van der Waals surface area (Å²) in [5.41, 5.74) is 0.301. The molecule has 2 rings (SSSR count). The number of carbonyl (C=O) groups is 2. The summed E-state index contributed by atoms with van der Waals surface area (Å²) < 4.78 is 15.3. The van der Waals surface area contributed by atoms with Crippen molar-refractivity contribution < 1.29 is 28.4 Å². The molecule has 8 heteroatoms. The summed E-state index contributed by atoms with van der Waals surface area (Å²) in [5, 5.41) is 10.7. The monoisotopic (exact) mass is 359 g/mol. The van der Waals surface area contributed by atoms with E-state index in [0.717, 1.165) is 0 Å². The number of nitro groups is 1. The van der Waals surface area contributed by atoms with Crippen molar-refractivity contribution in [1.82, 2.24) is 0 Å². The fourth-order valence-corrected chi connectivity index (χ4v) is 2.09. The summed E-state index contributed by atoms with van der Waals surface area (Å²) in [6.45, 7) is 3.48. The quantitative estimate of drug-likeness (QED) is 0.186. The molecule has 0 unspecified atom stereocenters. The van der Waals surface area contributed by atoms with Gasteiger partial charge in [-0.05, 0) is 38.1 Å². The van der Waals surface area contributed by atoms with Crippen molar-refractivity contribution in [2.24, 2.45) is 0 Å². The van der Waals surface area contributed by atoms with E-state index in [1.165, 1.54) is 18.2 Å². The van der Waals surface area contributed by atoms with Gasteiger partial charge in [-0.15, -0.1) is 0 Å². The van der Waals surface area contributed by atoms with Gasteiger partial charge in [-0.25, -0.2) is 9.59 Å². The molecule has 0 N–H and O–H groups in total. The maximum atomic E-state index is 11.9. The van der Waals surface area contributed by atoms with Gasteiger partial charge in [0.25, 0.3) is 5.69 Å². The lowest BCUT2D eigenvalue weighted by atomic mass is 10.1. The van der Waals surface area contributed by atoms with Gasteiger partial charge < -0.3 is 13.9 Å². The molecule has 0 radical (unpaired) electrons. The summed E-state index contributed by atoms with van der Waals surface area (Å²) in [6.07, 6.45) is 1.24. The number of esters is 2. The zero-order chi connectivity index (χ0) is 19.1. The van der Waals surface area contributed by atoms with Crippen molar-refractivity contribution in [1.29, 1.82) is 0 Å². The van der Waals surface area contributed by atoms with E-state index in [1.807, 2.05) is 0 Å². The van der Waals surface area contributed by atoms with Crippen LogP contribution in [0.5, 0.6) is 0 Å². The van der Waals surface area contributed by atoms with Crippen LogP contribution in [0.1, 0.15) is 19.6 Å². The lowest BCUT2D eigenvalue weighted by Crippen LogP contribution is -2.18. The first-order chi connectivity index (χ1) is 12.5. The van der Waals surface area contributed by atoms with Crippen LogP contribution in [0.4, 0.5) is 5.69 Å². The van der Waals surface area contributed by atoms with Crippen LogP contribution in [0.15, 0.2) is 46.4 Å². The number of nitrogens with zero attached hydrogens (tertiary/aromatic N) is 1. The molecule has 0 aliphatic carbocycles. The minimum atomic E-state index is -0.806. The van der Waals surface area contributed by atoms with Crippen molar-refractivity contribution in [3.05, 3.63) is 57.8 Å². The van der Waals surface area contributed by atoms with Gasteiger partial charge in [-0.2, -0.15) is 0 Å². The molecule has 0 spiro atoms. The molecule has 2 aromatic rings. The molecule has 136 valence electrons. The standard InChI is InChI=1S/C18H17NO7/c1-3-24-17(20)15(18(21)25-4-2)11-14-9-10-16(26-14)12-5-7-13(8-6-12)19(22)23/h5-11H,3-4H2,1-2H3. The lowest BCUT2D eigenvalue weighted by Gasteiger charge is -2.05. The first-order valence-electron chi connectivity index (χ1n) is 7.86. The molecule has 1 aromatic carbocycles. The van der Waals surface area contributed by atoms with Crippen molar-refractivity contribution in [2.45, 2.75) is 13.8 Å². The number of furan rings is 1. The van der Waals surface area contributed by atoms with Gasteiger partial charge in [0.05, 0.1) is 18.1 Å². The van der Waals surface area contributed by atoms with E-state index in [-0.39, 0.29) is 30.2 Å². The Kier molecular flexibility index (Phi) is 6.26. The highest BCUT2D eigenvalue weighted by atomic mass is 16.6. The maximum Gasteiger partial charge on any atom is 0.345 e. The summed E-state index contributed by atoms with van der Waals surface area (Å²) in [4.78, 5) is 34.1. The predicted octanol–water partition coefficient (Wildman–Crippen LogP) is 3.36. The largest absolute Gasteiger partial charge is 0.462 e. The highest BCUT2D eigenvalue weighted by molar-refractivity contribution is 6.17. The van der Waals surface area contributed by atoms with E-state index in [9.17, 15) is 19.7 Å². The predicted molar refractivity (Wildman–Crippen MR) is 92.0 cm³/mol. The molecular weight excluding hydrogens is 342 g/mol. The molecule has 26 heavy (non-hydrogen) atoms. The normalized spacial score (nSPS) is 10.1. The lowest BCUT2D eigenvalue weighted by molar-refractivity contribution is -0.384. The molecule has 0 aliphatic heterocycles. The summed E-state index contributed by atoms with van der Waals surface area (Å²) in [5.74, 6) is -0.939. The summed E-state index contributed by atoms with van der Waals surface area (Å²) >= 11 is 0. The van der Waals surface area contributed by atoms with E-state index in [4.69, 9.17) is 13.9 Å². The van der Waals surface area contributed by atoms with Crippen molar-refractivity contribution >= 4 is 23.7 Å². The van der Waals surface area contributed by atoms with Crippen LogP contribution in [0, 0.1) is 10.1 Å². The molecule has 0 fully saturated rings. The van der Waals surface area contributed by atoms with Crippen LogP contribution in [0.25, 0.3) is 17.4 Å². The fourth-order valence-electron chi connectivity index (χ4n) is 2.09. The van der Waals surface area contributed by atoms with Crippen LogP contribution in [-0.2, 0) is 19.1 Å². The molecule has 0 saturated carbocycles. The number of ether oxygens (including phenoxy) is 2. The highest BCUT2D eigenvalue weighted by Gasteiger charge is 2.22. The first-order valence-corrected chi connectivity index (χ1v) is 7.86. The maximum absolute atomic E-state index is 11.9. The average molecular weight is 359 g/mol. The SMILES string of the molecule is CCOC(=O)C(=Cc1ccc(-c2ccc([N+](=O)[O-])cc2)o1)C(=O)OCC. The molecule has 0 saturated heterocycles. The Morgan fingerprint density at radius 3 is 2.12 bits per heavy atom. The van der Waals surface area contributed by atoms with E-state index in [1.54, 1.807) is 38.1 Å². The smallest absolute Gasteiger partial charge is 0.345 e. The van der Waals surface area contributed by atoms with E-state index in [2.05, 4.69) is 0 Å². The molecule has 1 aromatic heterocycles. The van der Waals surface area contributed by atoms with E-state index >= 15 is 0 Å². The Morgan fingerprint density at radius 1 is 1.04 bits per heavy atom. The number of non-ortho nitro benzene ring substituents is 1. The second-order valence-corrected chi connectivity index (χ2v) is 5.00. The van der Waals surface area contributed by atoms with Gasteiger partial charge in [0.2, 0.25) is 0 Å². The molecule has 0 atom stereocenters. The third kappa shape index (κ3) is 4.56. The number of nitro benzene ring substituents is 1. The number of benzene rings is 1. The van der Waals surface area contributed by atoms with Gasteiger partial charge in [0, 0.05) is 23.8 Å². The number of rotatable bonds is 7. The van der Waals surface area contributed by atoms with Gasteiger partial charge in [-0.3, -0.25) is 10.1 Å². The average Bonchev–Trinajstić information content (AvgIpc) is 3.08. The van der Waals surface area contributed by atoms with Crippen LogP contribution >= 0.6 is 0 Å². The van der Waals surface area contributed by atoms with Gasteiger partial charge in [-0.1, -0.05) is 0 Å².